The molecule has 32 heavy (non-hydrogen) atoms. The van der Waals surface area contributed by atoms with Gasteiger partial charge in [0.05, 0.1) is 21.5 Å². The van der Waals surface area contributed by atoms with Crippen molar-refractivity contribution in [3.63, 3.8) is 0 Å². The molecule has 0 unspecified atom stereocenters. The van der Waals surface area contributed by atoms with Gasteiger partial charge in [-0.2, -0.15) is 0 Å². The number of primary amides is 1. The predicted octanol–water partition coefficient (Wildman–Crippen LogP) is 3.67. The van der Waals surface area contributed by atoms with Crippen LogP contribution in [0.25, 0.3) is 10.9 Å². The van der Waals surface area contributed by atoms with E-state index in [2.05, 4.69) is 5.32 Å². The molecular formula is C23H26ClN3O4S. The quantitative estimate of drug-likeness (QED) is 0.566. The van der Waals surface area contributed by atoms with E-state index in [1.165, 1.54) is 26.0 Å². The summed E-state index contributed by atoms with van der Waals surface area (Å²) in [5, 5.41) is 4.31. The summed E-state index contributed by atoms with van der Waals surface area (Å²) in [5.41, 5.74) is 8.29. The van der Waals surface area contributed by atoms with Gasteiger partial charge in [-0.3, -0.25) is 9.59 Å². The molecule has 0 aliphatic carbocycles. The van der Waals surface area contributed by atoms with Crippen molar-refractivity contribution in [3.8, 4) is 0 Å². The molecule has 2 amide bonds. The Morgan fingerprint density at radius 2 is 1.72 bits per heavy atom. The van der Waals surface area contributed by atoms with Gasteiger partial charge in [-0.25, -0.2) is 8.42 Å². The lowest BCUT2D eigenvalue weighted by Gasteiger charge is -2.21. The van der Waals surface area contributed by atoms with Gasteiger partial charge in [0.1, 0.15) is 10.4 Å². The molecule has 0 radical (unpaired) electrons. The number of aryl methyl sites for hydroxylation is 2. The van der Waals surface area contributed by atoms with E-state index < -0.39 is 26.5 Å². The van der Waals surface area contributed by atoms with E-state index in [4.69, 9.17) is 17.3 Å². The van der Waals surface area contributed by atoms with Gasteiger partial charge in [0.15, 0.2) is 9.84 Å². The second-order valence-corrected chi connectivity index (χ2v) is 11.3. The first-order valence-corrected chi connectivity index (χ1v) is 11.8. The van der Waals surface area contributed by atoms with Gasteiger partial charge in [0.2, 0.25) is 5.91 Å². The molecule has 3 rings (SSSR count). The lowest BCUT2D eigenvalue weighted by atomic mass is 10.1. The van der Waals surface area contributed by atoms with Crippen LogP contribution in [0, 0.1) is 6.92 Å². The number of nitrogens with one attached hydrogen (secondary N) is 1. The summed E-state index contributed by atoms with van der Waals surface area (Å²) >= 11 is 6.33. The molecule has 3 N–H and O–H groups in total. The van der Waals surface area contributed by atoms with Gasteiger partial charge in [-0.05, 0) is 69.2 Å². The van der Waals surface area contributed by atoms with Crippen molar-refractivity contribution in [1.29, 1.82) is 0 Å². The molecule has 9 heteroatoms. The Balaban J connectivity index is 1.84. The Bertz CT molecular complexity index is 1330. The number of nitrogens with zero attached hydrogens (tertiary/aromatic N) is 1. The molecule has 0 aliphatic heterocycles. The highest BCUT2D eigenvalue weighted by Gasteiger charge is 2.41. The first kappa shape index (κ1) is 23.8. The number of hydrogen-bond acceptors (Lipinski definition) is 4. The summed E-state index contributed by atoms with van der Waals surface area (Å²) in [6.45, 7) is 6.29. The van der Waals surface area contributed by atoms with Crippen LogP contribution < -0.4 is 11.1 Å². The average molecular weight is 476 g/mol. The van der Waals surface area contributed by atoms with Crippen molar-refractivity contribution in [3.05, 3.63) is 64.3 Å². The van der Waals surface area contributed by atoms with E-state index >= 15 is 0 Å². The van der Waals surface area contributed by atoms with Crippen LogP contribution in [0.2, 0.25) is 5.02 Å². The number of amides is 2. The molecule has 0 fully saturated rings. The summed E-state index contributed by atoms with van der Waals surface area (Å²) in [7, 11) is -2.15. The largest absolute Gasteiger partial charge is 0.368 e. The topological polar surface area (TPSA) is 111 Å². The summed E-state index contributed by atoms with van der Waals surface area (Å²) in [6, 6.07) is 11.2. The number of benzene rings is 2. The number of carbonyl (C=O) groups is 2. The number of rotatable bonds is 6. The van der Waals surface area contributed by atoms with Gasteiger partial charge in [0, 0.05) is 12.4 Å². The van der Waals surface area contributed by atoms with Crippen molar-refractivity contribution in [2.24, 2.45) is 12.8 Å². The van der Waals surface area contributed by atoms with Crippen molar-refractivity contribution >= 4 is 44.2 Å². The zero-order chi connectivity index (χ0) is 24.0. The number of hydrogen-bond donors (Lipinski definition) is 2. The maximum Gasteiger partial charge on any atom is 0.268 e. The predicted molar refractivity (Wildman–Crippen MR) is 125 cm³/mol. The number of nitrogens with two attached hydrogens (primary N) is 1. The third kappa shape index (κ3) is 4.00. The molecule has 0 aliphatic rings. The normalized spacial score (nSPS) is 13.2. The Hall–Kier alpha value is -2.84. The van der Waals surface area contributed by atoms with Crippen LogP contribution in [-0.4, -0.2) is 29.5 Å². The van der Waals surface area contributed by atoms with Gasteiger partial charge in [-0.15, -0.1) is 0 Å². The third-order valence-corrected chi connectivity index (χ3v) is 8.54. The van der Waals surface area contributed by atoms with Gasteiger partial charge in [0.25, 0.3) is 5.91 Å². The molecule has 0 saturated carbocycles. The lowest BCUT2D eigenvalue weighted by Crippen LogP contribution is -2.45. The second kappa shape index (κ2) is 8.26. The van der Waals surface area contributed by atoms with Crippen LogP contribution in [0.15, 0.2) is 47.4 Å². The zero-order valence-electron chi connectivity index (χ0n) is 18.6. The maximum absolute atomic E-state index is 12.9. The first-order chi connectivity index (χ1) is 14.8. The van der Waals surface area contributed by atoms with E-state index in [9.17, 15) is 18.0 Å². The number of fused-ring (bicyclic) bond motifs is 1. The molecule has 3 aromatic rings. The van der Waals surface area contributed by atoms with Crippen molar-refractivity contribution in [1.82, 2.24) is 9.88 Å². The van der Waals surface area contributed by atoms with Gasteiger partial charge >= 0.3 is 0 Å². The lowest BCUT2D eigenvalue weighted by molar-refractivity contribution is -0.119. The summed E-state index contributed by atoms with van der Waals surface area (Å²) in [6.07, 6.45) is 0. The second-order valence-electron chi connectivity index (χ2n) is 8.41. The standard InChI is InChI=1S/C23H26ClN3O4S/c1-13-10-18(24)17-12-20(27(5)19(17)11-13)21(28)26-14(2)15-6-8-16(9-7-15)32(30,31)23(3,4)22(25)29/h6-12,14H,1-5H3,(H2,25,29)(H,26,28)/t14-/m1/s1. The Morgan fingerprint density at radius 3 is 2.28 bits per heavy atom. The minimum atomic E-state index is -3.95. The maximum atomic E-state index is 12.9. The minimum absolute atomic E-state index is 0.0118. The Morgan fingerprint density at radius 1 is 1.12 bits per heavy atom. The molecular weight excluding hydrogens is 450 g/mol. The SMILES string of the molecule is Cc1cc(Cl)c2cc(C(=O)N[C@H](C)c3ccc(S(=O)(=O)C(C)(C)C(N)=O)cc3)n(C)c2c1. The van der Waals surface area contributed by atoms with Gasteiger partial charge < -0.3 is 15.6 Å². The summed E-state index contributed by atoms with van der Waals surface area (Å²) in [4.78, 5) is 24.5. The Labute approximate surface area is 192 Å². The van der Waals surface area contributed by atoms with Crippen LogP contribution in [-0.2, 0) is 21.7 Å². The average Bonchev–Trinajstić information content (AvgIpc) is 3.04. The molecule has 2 aromatic carbocycles. The molecule has 1 atom stereocenters. The van der Waals surface area contributed by atoms with Crippen molar-refractivity contribution < 1.29 is 18.0 Å². The number of sulfone groups is 1. The van der Waals surface area contributed by atoms with Crippen LogP contribution in [0.4, 0.5) is 0 Å². The zero-order valence-corrected chi connectivity index (χ0v) is 20.1. The Kier molecular flexibility index (Phi) is 6.14. The van der Waals surface area contributed by atoms with Crippen molar-refractivity contribution in [2.45, 2.75) is 43.4 Å². The minimum Gasteiger partial charge on any atom is -0.368 e. The van der Waals surface area contributed by atoms with E-state index in [1.807, 2.05) is 19.1 Å². The van der Waals surface area contributed by atoms with Crippen LogP contribution in [0.3, 0.4) is 0 Å². The van der Waals surface area contributed by atoms with Crippen molar-refractivity contribution in [2.75, 3.05) is 0 Å². The number of aromatic nitrogens is 1. The van der Waals surface area contributed by atoms with E-state index in [-0.39, 0.29) is 10.8 Å². The highest BCUT2D eigenvalue weighted by atomic mass is 35.5. The third-order valence-electron chi connectivity index (χ3n) is 5.79. The molecule has 0 bridgehead atoms. The number of halogens is 1. The fourth-order valence-electron chi connectivity index (χ4n) is 3.45. The smallest absolute Gasteiger partial charge is 0.268 e. The number of carbonyl (C=O) groups excluding carboxylic acids is 2. The summed E-state index contributed by atoms with van der Waals surface area (Å²) < 4.78 is 25.5. The monoisotopic (exact) mass is 475 g/mol. The van der Waals surface area contributed by atoms with Crippen LogP contribution >= 0.6 is 11.6 Å². The molecule has 170 valence electrons. The molecule has 1 aromatic heterocycles. The van der Waals surface area contributed by atoms with Crippen LogP contribution in [0.5, 0.6) is 0 Å². The van der Waals surface area contributed by atoms with Crippen LogP contribution in [0.1, 0.15) is 48.4 Å². The fourth-order valence-corrected chi connectivity index (χ4v) is 5.13. The molecule has 7 nitrogen and oxygen atoms in total. The van der Waals surface area contributed by atoms with E-state index in [1.54, 1.807) is 36.7 Å². The first-order valence-electron chi connectivity index (χ1n) is 9.98. The highest BCUT2D eigenvalue weighted by molar-refractivity contribution is 7.93. The molecule has 0 spiro atoms. The van der Waals surface area contributed by atoms with E-state index in [0.717, 1.165) is 16.5 Å². The van der Waals surface area contributed by atoms with Gasteiger partial charge in [-0.1, -0.05) is 23.7 Å². The summed E-state index contributed by atoms with van der Waals surface area (Å²) in [5.74, 6) is -1.20. The van der Waals surface area contributed by atoms with E-state index in [0.29, 0.717) is 16.3 Å². The molecule has 1 heterocycles. The molecule has 0 saturated heterocycles. The highest BCUT2D eigenvalue weighted by Crippen LogP contribution is 2.29. The fraction of sp³-hybridized carbons (Fsp3) is 0.304.